The summed E-state index contributed by atoms with van der Waals surface area (Å²) in [5, 5.41) is 0. The lowest BCUT2D eigenvalue weighted by atomic mass is 10.1. The average Bonchev–Trinajstić information content (AvgIpc) is 2.08. The van der Waals surface area contributed by atoms with Gasteiger partial charge in [0.1, 0.15) is 0 Å². The molecule has 0 aliphatic rings. The summed E-state index contributed by atoms with van der Waals surface area (Å²) in [4.78, 5) is 0. The first-order chi connectivity index (χ1) is 5.33. The van der Waals surface area contributed by atoms with Gasteiger partial charge in [0.2, 0.25) is 0 Å². The fourth-order valence-electron chi connectivity index (χ4n) is 0.813. The van der Waals surface area contributed by atoms with Gasteiger partial charge in [-0.05, 0) is 24.1 Å². The van der Waals surface area contributed by atoms with Crippen molar-refractivity contribution >= 4 is 5.69 Å². The van der Waals surface area contributed by atoms with Crippen molar-refractivity contribution in [1.82, 2.24) is 0 Å². The molecule has 0 unspecified atom stereocenters. The Morgan fingerprint density at radius 2 is 2.00 bits per heavy atom. The van der Waals surface area contributed by atoms with Crippen molar-refractivity contribution in [1.29, 1.82) is 0 Å². The van der Waals surface area contributed by atoms with Crippen LogP contribution < -0.4 is 5.73 Å². The second kappa shape index (κ2) is 5.78. The monoisotopic (exact) mass is 153 g/mol. The Bertz CT molecular complexity index is 199. The van der Waals surface area contributed by atoms with Gasteiger partial charge in [0, 0.05) is 7.11 Å². The summed E-state index contributed by atoms with van der Waals surface area (Å²) in [6.45, 7) is 6.12. The Morgan fingerprint density at radius 1 is 1.36 bits per heavy atom. The largest absolute Gasteiger partial charge is 0.399 e. The number of hydrogen-bond acceptors (Lipinski definition) is 1. The molecule has 1 nitrogen and oxygen atoms in total. The molecule has 0 heterocycles. The van der Waals surface area contributed by atoms with Gasteiger partial charge in [0.15, 0.2) is 0 Å². The first-order valence-electron chi connectivity index (χ1n) is 4.17. The summed E-state index contributed by atoms with van der Waals surface area (Å²) in [6.07, 6.45) is 1.06. The van der Waals surface area contributed by atoms with Gasteiger partial charge in [0.05, 0.1) is 0 Å². The lowest BCUT2D eigenvalue weighted by Gasteiger charge is -1.95. The molecule has 0 fully saturated rings. The van der Waals surface area contributed by atoms with Crippen LogP contribution in [0.5, 0.6) is 0 Å². The van der Waals surface area contributed by atoms with E-state index in [9.17, 15) is 0 Å². The Balaban J connectivity index is 0. The SMILES string of the molecule is CC.CCc1cccc(N)c1.[HH]. The van der Waals surface area contributed by atoms with Crippen LogP contribution in [0.15, 0.2) is 24.3 Å². The summed E-state index contributed by atoms with van der Waals surface area (Å²) in [7, 11) is 0. The van der Waals surface area contributed by atoms with Gasteiger partial charge in [-0.1, -0.05) is 32.9 Å². The third kappa shape index (κ3) is 3.66. The van der Waals surface area contributed by atoms with Crippen molar-refractivity contribution in [2.75, 3.05) is 5.73 Å². The maximum absolute atomic E-state index is 5.53. The van der Waals surface area contributed by atoms with Gasteiger partial charge in [-0.15, -0.1) is 0 Å². The second-order valence-electron chi connectivity index (χ2n) is 2.10. The van der Waals surface area contributed by atoms with E-state index in [2.05, 4.69) is 13.0 Å². The lowest BCUT2D eigenvalue weighted by Crippen LogP contribution is -1.85. The van der Waals surface area contributed by atoms with Gasteiger partial charge >= 0.3 is 0 Å². The van der Waals surface area contributed by atoms with E-state index in [4.69, 9.17) is 5.73 Å². The number of hydrogen-bond donors (Lipinski definition) is 1. The van der Waals surface area contributed by atoms with Gasteiger partial charge < -0.3 is 5.73 Å². The zero-order valence-electron chi connectivity index (χ0n) is 7.59. The number of anilines is 1. The third-order valence-corrected chi connectivity index (χ3v) is 1.36. The minimum absolute atomic E-state index is 0. The highest BCUT2D eigenvalue weighted by atomic mass is 14.5. The standard InChI is InChI=1S/C8H11N.C2H6.H2/c1-2-7-4-3-5-8(9)6-7;1-2;/h3-6H,2,9H2,1H3;1-2H3;1H. The summed E-state index contributed by atoms with van der Waals surface area (Å²) >= 11 is 0. The van der Waals surface area contributed by atoms with Crippen LogP contribution in [0, 0.1) is 0 Å². The smallest absolute Gasteiger partial charge is 0.0316 e. The Labute approximate surface area is 70.7 Å². The molecular weight excluding hydrogens is 134 g/mol. The third-order valence-electron chi connectivity index (χ3n) is 1.36. The second-order valence-corrected chi connectivity index (χ2v) is 2.10. The van der Waals surface area contributed by atoms with E-state index in [1.165, 1.54) is 5.56 Å². The predicted octanol–water partition coefficient (Wildman–Crippen LogP) is 3.10. The highest BCUT2D eigenvalue weighted by Gasteiger charge is 1.86. The number of nitrogens with two attached hydrogens (primary N) is 1. The van der Waals surface area contributed by atoms with E-state index in [1.807, 2.05) is 32.0 Å². The van der Waals surface area contributed by atoms with Crippen molar-refractivity contribution in [2.24, 2.45) is 0 Å². The average molecular weight is 153 g/mol. The van der Waals surface area contributed by atoms with Gasteiger partial charge in [-0.25, -0.2) is 0 Å². The van der Waals surface area contributed by atoms with Crippen molar-refractivity contribution in [3.05, 3.63) is 29.8 Å². The quantitative estimate of drug-likeness (QED) is 0.616. The first kappa shape index (κ1) is 10.0. The number of benzene rings is 1. The van der Waals surface area contributed by atoms with E-state index in [1.54, 1.807) is 0 Å². The molecule has 0 aliphatic heterocycles. The van der Waals surface area contributed by atoms with E-state index >= 15 is 0 Å². The fourth-order valence-corrected chi connectivity index (χ4v) is 0.813. The van der Waals surface area contributed by atoms with E-state index in [0.717, 1.165) is 12.1 Å². The van der Waals surface area contributed by atoms with E-state index < -0.39 is 0 Å². The van der Waals surface area contributed by atoms with Crippen LogP contribution in [0.3, 0.4) is 0 Å². The molecule has 0 saturated heterocycles. The van der Waals surface area contributed by atoms with Gasteiger partial charge in [0.25, 0.3) is 0 Å². The van der Waals surface area contributed by atoms with Gasteiger partial charge in [-0.2, -0.15) is 0 Å². The van der Waals surface area contributed by atoms with Crippen molar-refractivity contribution in [2.45, 2.75) is 27.2 Å². The van der Waals surface area contributed by atoms with Crippen LogP contribution in [0.1, 0.15) is 27.8 Å². The minimum Gasteiger partial charge on any atom is -0.399 e. The molecule has 0 bridgehead atoms. The molecule has 0 radical (unpaired) electrons. The van der Waals surface area contributed by atoms with Crippen LogP contribution in [0.2, 0.25) is 0 Å². The van der Waals surface area contributed by atoms with Crippen molar-refractivity contribution in [3.63, 3.8) is 0 Å². The zero-order valence-corrected chi connectivity index (χ0v) is 7.59. The maximum atomic E-state index is 5.53. The first-order valence-corrected chi connectivity index (χ1v) is 4.17. The van der Waals surface area contributed by atoms with Crippen LogP contribution >= 0.6 is 0 Å². The van der Waals surface area contributed by atoms with Crippen molar-refractivity contribution in [3.8, 4) is 0 Å². The number of aryl methyl sites for hydroxylation is 1. The molecule has 1 heteroatoms. The van der Waals surface area contributed by atoms with E-state index in [-0.39, 0.29) is 1.43 Å². The molecule has 0 saturated carbocycles. The van der Waals surface area contributed by atoms with Crippen LogP contribution in [0.4, 0.5) is 5.69 Å². The highest BCUT2D eigenvalue weighted by molar-refractivity contribution is 5.40. The molecule has 1 rings (SSSR count). The molecule has 1 aromatic carbocycles. The predicted molar refractivity (Wildman–Crippen MR) is 53.7 cm³/mol. The molecule has 0 spiro atoms. The minimum atomic E-state index is 0. The topological polar surface area (TPSA) is 26.0 Å². The number of nitrogen functional groups attached to an aromatic ring is 1. The normalized spacial score (nSPS) is 8.27. The summed E-state index contributed by atoms with van der Waals surface area (Å²) in [6, 6.07) is 7.96. The molecular formula is C10H19N. The van der Waals surface area contributed by atoms with Crippen molar-refractivity contribution < 1.29 is 1.43 Å². The Kier molecular flexibility index (Phi) is 5.26. The molecule has 0 atom stereocenters. The van der Waals surface area contributed by atoms with E-state index in [0.29, 0.717) is 0 Å². The zero-order chi connectivity index (χ0) is 8.69. The molecule has 1 aromatic rings. The lowest BCUT2D eigenvalue weighted by molar-refractivity contribution is 1.14. The van der Waals surface area contributed by atoms with Gasteiger partial charge in [-0.3, -0.25) is 0 Å². The van der Waals surface area contributed by atoms with Crippen LogP contribution in [-0.4, -0.2) is 0 Å². The Hall–Kier alpha value is -0.980. The molecule has 11 heavy (non-hydrogen) atoms. The molecule has 0 amide bonds. The molecule has 64 valence electrons. The van der Waals surface area contributed by atoms with Crippen LogP contribution in [-0.2, 0) is 6.42 Å². The fraction of sp³-hybridized carbons (Fsp3) is 0.400. The molecule has 0 aromatic heterocycles. The molecule has 0 aliphatic carbocycles. The highest BCUT2D eigenvalue weighted by Crippen LogP contribution is 2.05. The summed E-state index contributed by atoms with van der Waals surface area (Å²) in [5.41, 5.74) is 7.69. The number of rotatable bonds is 1. The summed E-state index contributed by atoms with van der Waals surface area (Å²) in [5.74, 6) is 0. The molecule has 2 N–H and O–H groups in total. The Morgan fingerprint density at radius 3 is 2.36 bits per heavy atom. The van der Waals surface area contributed by atoms with Crippen LogP contribution in [0.25, 0.3) is 0 Å². The maximum Gasteiger partial charge on any atom is 0.0316 e. The summed E-state index contributed by atoms with van der Waals surface area (Å²) < 4.78 is 0.